The molecule has 0 aliphatic carbocycles. The Hall–Kier alpha value is -12.2. The fourth-order valence-electron chi connectivity index (χ4n) is 10.8. The highest BCUT2D eigenvalue weighted by molar-refractivity contribution is 6.01. The van der Waals surface area contributed by atoms with Crippen molar-refractivity contribution in [1.29, 1.82) is 0 Å². The summed E-state index contributed by atoms with van der Waals surface area (Å²) in [6, 6.07) is 51.0. The first kappa shape index (κ1) is 59.7. The lowest BCUT2D eigenvalue weighted by Gasteiger charge is -2.30. The lowest BCUT2D eigenvalue weighted by Crippen LogP contribution is -2.43. The number of carboxylic acid groups (broad SMARTS) is 4. The summed E-state index contributed by atoms with van der Waals surface area (Å²) in [5, 5.41) is 40.5. The van der Waals surface area contributed by atoms with E-state index in [1.54, 1.807) is 107 Å². The molecule has 0 bridgehead atoms. The largest absolute Gasteiger partial charge is 0.478 e. The van der Waals surface area contributed by atoms with E-state index < -0.39 is 23.9 Å². The Kier molecular flexibility index (Phi) is 16.7. The van der Waals surface area contributed by atoms with Gasteiger partial charge in [0, 0.05) is 109 Å². The van der Waals surface area contributed by atoms with Crippen LogP contribution in [0.4, 0.5) is 17.1 Å². The number of benzene rings is 8. The molecule has 23 nitrogen and oxygen atoms in total. The number of rotatable bonds is 12. The van der Waals surface area contributed by atoms with Crippen molar-refractivity contribution in [3.8, 4) is 51.5 Å². The molecule has 4 N–H and O–H groups in total. The second-order valence-electron chi connectivity index (χ2n) is 21.8. The molecular formula is C70H55N9O14. The van der Waals surface area contributed by atoms with Crippen molar-refractivity contribution in [3.63, 3.8) is 0 Å². The minimum absolute atomic E-state index is 0.0956. The molecule has 0 spiro atoms. The summed E-state index contributed by atoms with van der Waals surface area (Å²) < 4.78 is 30.3. The molecule has 13 aromatic rings. The first-order valence-corrected chi connectivity index (χ1v) is 29.6. The number of nitrogens with zero attached hydrogens (tertiary/aromatic N) is 9. The molecule has 3 fully saturated rings. The van der Waals surface area contributed by atoms with Crippen LogP contribution in [0.5, 0.6) is 0 Å². The van der Waals surface area contributed by atoms with Crippen molar-refractivity contribution < 1.29 is 66.8 Å². The van der Waals surface area contributed by atoms with Crippen LogP contribution in [0, 0.1) is 0 Å². The molecule has 8 aromatic carbocycles. The van der Waals surface area contributed by atoms with Crippen LogP contribution in [-0.2, 0) is 9.53 Å². The van der Waals surface area contributed by atoms with Crippen molar-refractivity contribution in [2.45, 2.75) is 19.3 Å². The number of ether oxygens (including phenoxy) is 1. The molecular weight excluding hydrogens is 1190 g/mol. The number of hydrogen-bond acceptors (Lipinski definition) is 17. The molecule has 93 heavy (non-hydrogen) atoms. The van der Waals surface area contributed by atoms with Gasteiger partial charge in [-0.05, 0) is 146 Å². The molecule has 3 aliphatic rings. The van der Waals surface area contributed by atoms with E-state index in [0.29, 0.717) is 92.1 Å². The average molecular weight is 1250 g/mol. The van der Waals surface area contributed by atoms with Gasteiger partial charge in [0.25, 0.3) is 0 Å². The summed E-state index contributed by atoms with van der Waals surface area (Å²) in [6.45, 7) is 6.03. The Bertz CT molecular complexity index is 4960. The van der Waals surface area contributed by atoms with Crippen LogP contribution in [0.2, 0.25) is 0 Å². The average Bonchev–Trinajstić information content (AvgIpc) is 1.75. The molecule has 8 heterocycles. The standard InChI is InChI=1S/C18H16N2O4.C18H16N2O3.C17H11N3O3.C17H12N2O4/c21-18(22)13-3-1-2-12(10-13)17-19-15-5-4-14(11-16(15)24-17)20-6-8-23-9-7-20;21-18(22)13-5-3-4-12(10-13)17-19-15-11-14(6-7-16(15)23-17)20-8-1-2-9-20;21-17(22)12-4-1-3-11(9-12)16-19-14-6-5-13(10-15(14)23-16)20-8-2-7-18-20;20-15-6-7-19(15)12-4-5-13-14(9-12)23-16(18-13)10-2-1-3-11(8-10)17(21)22/h1-5,10-11H,6-9H2,(H,21,22);3-7,10-11H,1-2,8-9H2,(H,21,22);1-10H,(H,21,22);1-5,8-9H,6-7H2,(H,21,22). The Morgan fingerprint density at radius 1 is 0.387 bits per heavy atom. The monoisotopic (exact) mass is 1250 g/mol. The van der Waals surface area contributed by atoms with Crippen LogP contribution in [0.15, 0.2) is 206 Å². The summed E-state index contributed by atoms with van der Waals surface area (Å²) in [5.41, 5.74) is 12.8. The fraction of sp³-hybridized carbons (Fsp3) is 0.143. The third kappa shape index (κ3) is 13.3. The molecule has 0 saturated carbocycles. The highest BCUT2D eigenvalue weighted by Gasteiger charge is 2.26. The van der Waals surface area contributed by atoms with Gasteiger partial charge in [0.1, 0.15) is 22.1 Å². The number of morpholine rings is 1. The topological polar surface area (TPSA) is 307 Å². The van der Waals surface area contributed by atoms with Gasteiger partial charge in [0.05, 0.1) is 41.2 Å². The number of oxazole rings is 4. The van der Waals surface area contributed by atoms with Crippen LogP contribution in [0.3, 0.4) is 0 Å². The Labute approximate surface area is 527 Å². The summed E-state index contributed by atoms with van der Waals surface area (Å²) in [4.78, 5) is 79.9. The number of fused-ring (bicyclic) bond motifs is 4. The second kappa shape index (κ2) is 26.1. The smallest absolute Gasteiger partial charge is 0.335 e. The molecule has 16 rings (SSSR count). The Morgan fingerprint density at radius 3 is 1.22 bits per heavy atom. The van der Waals surface area contributed by atoms with Gasteiger partial charge in [-0.2, -0.15) is 5.10 Å². The van der Waals surface area contributed by atoms with E-state index >= 15 is 0 Å². The number of amides is 1. The van der Waals surface area contributed by atoms with Crippen LogP contribution >= 0.6 is 0 Å². The van der Waals surface area contributed by atoms with Gasteiger partial charge in [-0.1, -0.05) is 24.3 Å². The van der Waals surface area contributed by atoms with E-state index in [4.69, 9.17) is 42.8 Å². The van der Waals surface area contributed by atoms with E-state index in [9.17, 15) is 24.0 Å². The maximum absolute atomic E-state index is 11.5. The van der Waals surface area contributed by atoms with Gasteiger partial charge >= 0.3 is 23.9 Å². The van der Waals surface area contributed by atoms with E-state index in [1.807, 2.05) is 66.9 Å². The van der Waals surface area contributed by atoms with Crippen LogP contribution < -0.4 is 14.7 Å². The van der Waals surface area contributed by atoms with Crippen molar-refractivity contribution in [2.24, 2.45) is 0 Å². The van der Waals surface area contributed by atoms with Gasteiger partial charge < -0.3 is 57.5 Å². The zero-order valence-corrected chi connectivity index (χ0v) is 49.4. The van der Waals surface area contributed by atoms with Crippen LogP contribution in [0.1, 0.15) is 60.7 Å². The van der Waals surface area contributed by atoms with Gasteiger partial charge in [0.15, 0.2) is 22.3 Å². The van der Waals surface area contributed by atoms with Gasteiger partial charge in [0.2, 0.25) is 29.5 Å². The molecule has 23 heteroatoms. The number of β-lactam (4-membered cyclic amide) rings is 1. The number of carbonyl (C=O) groups excluding carboxylic acids is 1. The molecule has 464 valence electrons. The van der Waals surface area contributed by atoms with Crippen molar-refractivity contribution >= 4 is 91.2 Å². The van der Waals surface area contributed by atoms with Gasteiger partial charge in [-0.25, -0.2) is 43.8 Å². The van der Waals surface area contributed by atoms with Crippen molar-refractivity contribution in [2.75, 3.05) is 60.6 Å². The maximum atomic E-state index is 11.5. The zero-order valence-electron chi connectivity index (χ0n) is 49.4. The second-order valence-corrected chi connectivity index (χ2v) is 21.8. The number of carboxylic acids is 4. The van der Waals surface area contributed by atoms with E-state index in [2.05, 4.69) is 40.9 Å². The van der Waals surface area contributed by atoms with Gasteiger partial charge in [-0.15, -0.1) is 0 Å². The zero-order chi connectivity index (χ0) is 64.1. The maximum Gasteiger partial charge on any atom is 0.335 e. The third-order valence-corrected chi connectivity index (χ3v) is 15.7. The first-order chi connectivity index (χ1) is 45.2. The van der Waals surface area contributed by atoms with Crippen molar-refractivity contribution in [3.05, 3.63) is 211 Å². The summed E-state index contributed by atoms with van der Waals surface area (Å²) >= 11 is 0. The predicted octanol–water partition coefficient (Wildman–Crippen LogP) is 13.1. The quantitative estimate of drug-likeness (QED) is 0.0826. The van der Waals surface area contributed by atoms with Crippen molar-refractivity contribution in [1.82, 2.24) is 29.7 Å². The number of hydrogen-bond donors (Lipinski definition) is 4. The number of carbonyl (C=O) groups is 5. The lowest BCUT2D eigenvalue weighted by atomic mass is 10.1. The fourth-order valence-corrected chi connectivity index (χ4v) is 10.8. The minimum Gasteiger partial charge on any atom is -0.478 e. The normalized spacial score (nSPS) is 13.6. The Balaban J connectivity index is 0.000000113. The predicted molar refractivity (Wildman–Crippen MR) is 344 cm³/mol. The minimum atomic E-state index is -0.999. The summed E-state index contributed by atoms with van der Waals surface area (Å²) in [7, 11) is 0. The molecule has 0 unspecified atom stereocenters. The van der Waals surface area contributed by atoms with Gasteiger partial charge in [-0.3, -0.25) is 4.79 Å². The highest BCUT2D eigenvalue weighted by atomic mass is 16.5. The number of aromatic carboxylic acids is 4. The highest BCUT2D eigenvalue weighted by Crippen LogP contribution is 2.34. The number of aromatic nitrogens is 6. The van der Waals surface area contributed by atoms with Crippen LogP contribution in [0.25, 0.3) is 95.9 Å². The molecule has 5 aromatic heterocycles. The van der Waals surface area contributed by atoms with E-state index in [0.717, 1.165) is 73.2 Å². The van der Waals surface area contributed by atoms with E-state index in [-0.39, 0.29) is 28.2 Å². The number of anilines is 3. The molecule has 0 atom stereocenters. The Morgan fingerprint density at radius 2 is 0.785 bits per heavy atom. The molecule has 0 radical (unpaired) electrons. The molecule has 1 amide bonds. The SMILES string of the molecule is O=C(O)c1cccc(-c2nc3cc(N4CCCC4)ccc3o2)c1.O=C(O)c1cccc(-c2nc3ccc(-n4cccn4)cc3o2)c1.O=C(O)c1cccc(-c2nc3ccc(N4CCC4=O)cc3o2)c1.O=C(O)c1cccc(-c2nc3ccc(N4CCOCC4)cc3o2)c1. The summed E-state index contributed by atoms with van der Waals surface area (Å²) in [6.07, 6.45) is 6.57. The third-order valence-electron chi connectivity index (χ3n) is 15.7. The molecule has 3 saturated heterocycles. The van der Waals surface area contributed by atoms with E-state index in [1.165, 1.54) is 31.0 Å². The first-order valence-electron chi connectivity index (χ1n) is 29.6. The lowest BCUT2D eigenvalue weighted by molar-refractivity contribution is -0.122. The molecule has 3 aliphatic heterocycles. The van der Waals surface area contributed by atoms with Crippen LogP contribution in [-0.4, -0.2) is 126 Å². The summed E-state index contributed by atoms with van der Waals surface area (Å²) in [5.74, 6) is -2.20.